The molecule has 0 unspecified atom stereocenters. The number of aromatic hydroxyl groups is 1. The zero-order chi connectivity index (χ0) is 15.9. The molecule has 0 saturated carbocycles. The molecule has 2 aromatic carbocycles. The Balaban J connectivity index is 2.05. The zero-order valence-corrected chi connectivity index (χ0v) is 13.0. The zero-order valence-electron chi connectivity index (χ0n) is 12.2. The highest BCUT2D eigenvalue weighted by atomic mass is 35.5. The van der Waals surface area contributed by atoms with Gasteiger partial charge in [-0.25, -0.2) is 0 Å². The van der Waals surface area contributed by atoms with Gasteiger partial charge in [0.15, 0.2) is 0 Å². The molecule has 0 heterocycles. The van der Waals surface area contributed by atoms with Crippen LogP contribution in [0.2, 0.25) is 5.02 Å². The number of carbonyl (C=O) groups is 1. The maximum absolute atomic E-state index is 12.5. The van der Waals surface area contributed by atoms with Crippen LogP contribution in [0.5, 0.6) is 5.75 Å². The average molecular weight is 316 g/mol. The van der Waals surface area contributed by atoms with Crippen molar-refractivity contribution in [2.24, 2.45) is 0 Å². The van der Waals surface area contributed by atoms with Gasteiger partial charge < -0.3 is 10.0 Å². The number of phenols is 1. The Morgan fingerprint density at radius 3 is 2.27 bits per heavy atom. The van der Waals surface area contributed by atoms with E-state index in [9.17, 15) is 9.90 Å². The minimum Gasteiger partial charge on any atom is -0.508 e. The largest absolute Gasteiger partial charge is 0.508 e. The molecular formula is C18H18ClNO2. The topological polar surface area (TPSA) is 40.5 Å². The second-order valence-corrected chi connectivity index (χ2v) is 5.47. The summed E-state index contributed by atoms with van der Waals surface area (Å²) in [6.07, 6.45) is 2.03. The third-order valence-electron chi connectivity index (χ3n) is 3.28. The number of hydrogen-bond acceptors (Lipinski definition) is 2. The van der Waals surface area contributed by atoms with Crippen LogP contribution >= 0.6 is 11.6 Å². The summed E-state index contributed by atoms with van der Waals surface area (Å²) >= 11 is 5.85. The van der Waals surface area contributed by atoms with E-state index in [0.29, 0.717) is 24.5 Å². The summed E-state index contributed by atoms with van der Waals surface area (Å²) in [6, 6.07) is 14.1. The molecular weight excluding hydrogens is 298 g/mol. The van der Waals surface area contributed by atoms with Crippen LogP contribution < -0.4 is 0 Å². The Hall–Kier alpha value is -2.26. The van der Waals surface area contributed by atoms with E-state index in [4.69, 9.17) is 11.6 Å². The van der Waals surface area contributed by atoms with Crippen LogP contribution in [0.25, 0.3) is 0 Å². The standard InChI is InChI=1S/C18H18ClNO2/c1-2-11-20(13-15-5-9-17(21)10-6-15)18(22)12-14-3-7-16(19)8-4-14/h2-10,21H,1,11-13H2. The molecule has 2 aromatic rings. The fraction of sp³-hybridized carbons (Fsp3) is 0.167. The lowest BCUT2D eigenvalue weighted by Crippen LogP contribution is -2.32. The molecule has 2 rings (SSSR count). The van der Waals surface area contributed by atoms with E-state index in [2.05, 4.69) is 6.58 Å². The fourth-order valence-electron chi connectivity index (χ4n) is 2.12. The van der Waals surface area contributed by atoms with Crippen molar-refractivity contribution in [3.05, 3.63) is 77.3 Å². The lowest BCUT2D eigenvalue weighted by atomic mass is 10.1. The number of amides is 1. The van der Waals surface area contributed by atoms with Gasteiger partial charge in [-0.3, -0.25) is 4.79 Å². The smallest absolute Gasteiger partial charge is 0.227 e. The third-order valence-corrected chi connectivity index (χ3v) is 3.53. The number of carbonyl (C=O) groups excluding carboxylic acids is 1. The van der Waals surface area contributed by atoms with E-state index in [1.54, 1.807) is 47.4 Å². The minimum absolute atomic E-state index is 0.0234. The van der Waals surface area contributed by atoms with Gasteiger partial charge in [-0.05, 0) is 35.4 Å². The first-order valence-corrected chi connectivity index (χ1v) is 7.37. The summed E-state index contributed by atoms with van der Waals surface area (Å²) in [4.78, 5) is 14.2. The maximum atomic E-state index is 12.5. The second-order valence-electron chi connectivity index (χ2n) is 5.03. The highest BCUT2D eigenvalue weighted by Crippen LogP contribution is 2.14. The van der Waals surface area contributed by atoms with Crippen molar-refractivity contribution in [3.8, 4) is 5.75 Å². The van der Waals surface area contributed by atoms with Crippen molar-refractivity contribution in [1.29, 1.82) is 0 Å². The SMILES string of the molecule is C=CCN(Cc1ccc(O)cc1)C(=O)Cc1ccc(Cl)cc1. The Bertz CT molecular complexity index is 635. The molecule has 1 amide bonds. The van der Waals surface area contributed by atoms with E-state index in [1.807, 2.05) is 12.1 Å². The van der Waals surface area contributed by atoms with Gasteiger partial charge in [0, 0.05) is 18.1 Å². The van der Waals surface area contributed by atoms with Gasteiger partial charge in [0.1, 0.15) is 5.75 Å². The normalized spacial score (nSPS) is 10.2. The molecule has 0 atom stereocenters. The van der Waals surface area contributed by atoms with Gasteiger partial charge in [0.05, 0.1) is 6.42 Å². The highest BCUT2D eigenvalue weighted by Gasteiger charge is 2.13. The predicted octanol–water partition coefficient (Wildman–Crippen LogP) is 3.80. The van der Waals surface area contributed by atoms with Crippen molar-refractivity contribution in [2.45, 2.75) is 13.0 Å². The summed E-state index contributed by atoms with van der Waals surface area (Å²) < 4.78 is 0. The number of benzene rings is 2. The molecule has 4 heteroatoms. The van der Waals surface area contributed by atoms with Crippen LogP contribution in [0.4, 0.5) is 0 Å². The molecule has 114 valence electrons. The molecule has 0 radical (unpaired) electrons. The molecule has 0 spiro atoms. The van der Waals surface area contributed by atoms with Crippen molar-refractivity contribution >= 4 is 17.5 Å². The summed E-state index contributed by atoms with van der Waals surface area (Å²) in [7, 11) is 0. The fourth-order valence-corrected chi connectivity index (χ4v) is 2.25. The van der Waals surface area contributed by atoms with Crippen molar-refractivity contribution in [2.75, 3.05) is 6.54 Å². The lowest BCUT2D eigenvalue weighted by Gasteiger charge is -2.21. The molecule has 0 aromatic heterocycles. The summed E-state index contributed by atoms with van der Waals surface area (Å²) in [5.41, 5.74) is 1.89. The number of phenolic OH excluding ortho intramolecular Hbond substituents is 1. The number of halogens is 1. The molecule has 1 N–H and O–H groups in total. The van der Waals surface area contributed by atoms with Crippen LogP contribution in [-0.2, 0) is 17.8 Å². The first-order chi connectivity index (χ1) is 10.6. The number of nitrogens with zero attached hydrogens (tertiary/aromatic N) is 1. The van der Waals surface area contributed by atoms with E-state index >= 15 is 0 Å². The van der Waals surface area contributed by atoms with Gasteiger partial charge >= 0.3 is 0 Å². The monoisotopic (exact) mass is 315 g/mol. The van der Waals surface area contributed by atoms with E-state index < -0.39 is 0 Å². The molecule has 22 heavy (non-hydrogen) atoms. The number of rotatable bonds is 6. The van der Waals surface area contributed by atoms with E-state index in [0.717, 1.165) is 11.1 Å². The Labute approximate surface area is 135 Å². The molecule has 0 aliphatic heterocycles. The Kier molecular flexibility index (Phi) is 5.61. The first-order valence-electron chi connectivity index (χ1n) is 6.99. The van der Waals surface area contributed by atoms with E-state index in [-0.39, 0.29) is 11.7 Å². The highest BCUT2D eigenvalue weighted by molar-refractivity contribution is 6.30. The van der Waals surface area contributed by atoms with Gasteiger partial charge in [0.25, 0.3) is 0 Å². The van der Waals surface area contributed by atoms with Crippen molar-refractivity contribution < 1.29 is 9.90 Å². The molecule has 0 bridgehead atoms. The van der Waals surface area contributed by atoms with Crippen LogP contribution in [0.1, 0.15) is 11.1 Å². The average Bonchev–Trinajstić information content (AvgIpc) is 2.51. The van der Waals surface area contributed by atoms with Crippen molar-refractivity contribution in [1.82, 2.24) is 4.90 Å². The van der Waals surface area contributed by atoms with Gasteiger partial charge in [-0.15, -0.1) is 6.58 Å². The van der Waals surface area contributed by atoms with Crippen molar-refractivity contribution in [3.63, 3.8) is 0 Å². The minimum atomic E-state index is 0.0234. The van der Waals surface area contributed by atoms with Crippen LogP contribution in [0.15, 0.2) is 61.2 Å². The summed E-state index contributed by atoms with van der Waals surface area (Å²) in [5, 5.41) is 9.97. The van der Waals surface area contributed by atoms with Gasteiger partial charge in [-0.2, -0.15) is 0 Å². The lowest BCUT2D eigenvalue weighted by molar-refractivity contribution is -0.130. The van der Waals surface area contributed by atoms with Gasteiger partial charge in [0.2, 0.25) is 5.91 Å². The molecule has 0 fully saturated rings. The summed E-state index contributed by atoms with van der Waals surface area (Å²) in [5.74, 6) is 0.238. The molecule has 0 aliphatic rings. The van der Waals surface area contributed by atoms with Crippen LogP contribution in [0.3, 0.4) is 0 Å². The van der Waals surface area contributed by atoms with E-state index in [1.165, 1.54) is 0 Å². The molecule has 3 nitrogen and oxygen atoms in total. The van der Waals surface area contributed by atoms with Gasteiger partial charge in [-0.1, -0.05) is 41.9 Å². The quantitative estimate of drug-likeness (QED) is 0.824. The number of hydrogen-bond donors (Lipinski definition) is 1. The Morgan fingerprint density at radius 1 is 1.09 bits per heavy atom. The second kappa shape index (κ2) is 7.66. The Morgan fingerprint density at radius 2 is 1.68 bits per heavy atom. The van der Waals surface area contributed by atoms with Crippen LogP contribution in [0, 0.1) is 0 Å². The predicted molar refractivity (Wildman–Crippen MR) is 88.9 cm³/mol. The summed E-state index contributed by atoms with van der Waals surface area (Å²) in [6.45, 7) is 4.67. The maximum Gasteiger partial charge on any atom is 0.227 e. The first kappa shape index (κ1) is 16.1. The third kappa shape index (κ3) is 4.64. The molecule has 0 saturated heterocycles. The molecule has 0 aliphatic carbocycles. The van der Waals surface area contributed by atoms with Crippen LogP contribution in [-0.4, -0.2) is 22.5 Å².